The number of hydrogen-bond acceptors (Lipinski definition) is 6. The molecule has 36 heavy (non-hydrogen) atoms. The van der Waals surface area contributed by atoms with Crippen LogP contribution in [0.15, 0.2) is 60.7 Å². The molecule has 2 unspecified atom stereocenters. The van der Waals surface area contributed by atoms with E-state index in [0.29, 0.717) is 45.8 Å². The Balaban J connectivity index is 1.52. The zero-order chi connectivity index (χ0) is 25.2. The summed E-state index contributed by atoms with van der Waals surface area (Å²) >= 11 is 6.26. The summed E-state index contributed by atoms with van der Waals surface area (Å²) in [5.41, 5.74) is 2.00. The van der Waals surface area contributed by atoms with Crippen molar-refractivity contribution >= 4 is 34.8 Å². The van der Waals surface area contributed by atoms with Crippen molar-refractivity contribution in [1.29, 1.82) is 0 Å². The number of benzene rings is 3. The van der Waals surface area contributed by atoms with Gasteiger partial charge in [-0.2, -0.15) is 0 Å². The Bertz CT molecular complexity index is 1300. The quantitative estimate of drug-likeness (QED) is 0.492. The van der Waals surface area contributed by atoms with Crippen molar-refractivity contribution in [2.24, 2.45) is 5.92 Å². The average molecular weight is 509 g/mol. The summed E-state index contributed by atoms with van der Waals surface area (Å²) in [6.45, 7) is 0.129. The van der Waals surface area contributed by atoms with Crippen LogP contribution in [-0.2, 0) is 9.59 Å². The summed E-state index contributed by atoms with van der Waals surface area (Å²) in [7, 11) is 3.12. The molecule has 0 spiro atoms. The highest BCUT2D eigenvalue weighted by Gasteiger charge is 2.42. The number of piperidine rings is 1. The summed E-state index contributed by atoms with van der Waals surface area (Å²) in [5.74, 6) is 1.57. The van der Waals surface area contributed by atoms with E-state index in [9.17, 15) is 9.59 Å². The molecular formula is C27H25ClN2O6. The number of carbonyl (C=O) groups excluding carboxylic acids is 2. The number of ether oxygens (including phenoxy) is 4. The van der Waals surface area contributed by atoms with Gasteiger partial charge in [0.25, 0.3) is 0 Å². The number of methoxy groups -OCH3 is 2. The average Bonchev–Trinajstić information content (AvgIpc) is 3.36. The van der Waals surface area contributed by atoms with Gasteiger partial charge in [0.15, 0.2) is 11.5 Å². The Morgan fingerprint density at radius 2 is 1.78 bits per heavy atom. The molecule has 9 heteroatoms. The summed E-state index contributed by atoms with van der Waals surface area (Å²) in [6.07, 6.45) is 0.620. The van der Waals surface area contributed by atoms with E-state index in [1.54, 1.807) is 42.3 Å². The summed E-state index contributed by atoms with van der Waals surface area (Å²) in [4.78, 5) is 28.6. The first-order valence-electron chi connectivity index (χ1n) is 11.5. The van der Waals surface area contributed by atoms with E-state index in [0.717, 1.165) is 5.56 Å². The molecule has 3 aromatic rings. The second kappa shape index (κ2) is 9.99. The summed E-state index contributed by atoms with van der Waals surface area (Å²) < 4.78 is 21.5. The first kappa shape index (κ1) is 23.8. The lowest BCUT2D eigenvalue weighted by Gasteiger charge is -2.41. The molecule has 3 aromatic carbocycles. The lowest BCUT2D eigenvalue weighted by molar-refractivity contribution is -0.125. The molecular weight excluding hydrogens is 484 g/mol. The Labute approximate surface area is 213 Å². The molecule has 0 radical (unpaired) electrons. The van der Waals surface area contributed by atoms with Crippen molar-refractivity contribution in [3.63, 3.8) is 0 Å². The van der Waals surface area contributed by atoms with Gasteiger partial charge in [0.05, 0.1) is 31.2 Å². The molecule has 2 amide bonds. The maximum absolute atomic E-state index is 13.6. The number of nitrogens with one attached hydrogen (secondary N) is 1. The SMILES string of the molecule is COc1ccc(C2C(C(=O)Nc3ccc(OC)c(Cl)c3)CCC(=O)N2c2ccc3c(c2)OCO3)cc1. The topological polar surface area (TPSA) is 86.3 Å². The second-order valence-corrected chi connectivity index (χ2v) is 8.91. The van der Waals surface area contributed by atoms with Gasteiger partial charge in [0.1, 0.15) is 11.5 Å². The predicted molar refractivity (Wildman–Crippen MR) is 135 cm³/mol. The molecule has 0 aliphatic carbocycles. The minimum Gasteiger partial charge on any atom is -0.497 e. The van der Waals surface area contributed by atoms with E-state index in [1.165, 1.54) is 7.11 Å². The summed E-state index contributed by atoms with van der Waals surface area (Å²) in [5, 5.41) is 3.36. The van der Waals surface area contributed by atoms with Gasteiger partial charge < -0.3 is 29.2 Å². The highest BCUT2D eigenvalue weighted by molar-refractivity contribution is 6.32. The molecule has 5 rings (SSSR count). The summed E-state index contributed by atoms with van der Waals surface area (Å²) in [6, 6.07) is 17.3. The van der Waals surface area contributed by atoms with Gasteiger partial charge in [-0.25, -0.2) is 0 Å². The normalized spacial score (nSPS) is 18.6. The maximum Gasteiger partial charge on any atom is 0.231 e. The largest absolute Gasteiger partial charge is 0.497 e. The van der Waals surface area contributed by atoms with Crippen LogP contribution in [0, 0.1) is 5.92 Å². The lowest BCUT2D eigenvalue weighted by atomic mass is 9.83. The predicted octanol–water partition coefficient (Wildman–Crippen LogP) is 5.21. The van der Waals surface area contributed by atoms with Crippen LogP contribution in [-0.4, -0.2) is 32.8 Å². The third-order valence-electron chi connectivity index (χ3n) is 6.44. The highest BCUT2D eigenvalue weighted by Crippen LogP contribution is 2.44. The van der Waals surface area contributed by atoms with E-state index in [4.69, 9.17) is 30.5 Å². The molecule has 2 aliphatic rings. The molecule has 1 N–H and O–H groups in total. The fraction of sp³-hybridized carbons (Fsp3) is 0.259. The van der Waals surface area contributed by atoms with Crippen LogP contribution in [0.25, 0.3) is 0 Å². The van der Waals surface area contributed by atoms with Crippen LogP contribution >= 0.6 is 11.6 Å². The van der Waals surface area contributed by atoms with E-state index in [-0.39, 0.29) is 25.0 Å². The lowest BCUT2D eigenvalue weighted by Crippen LogP contribution is -2.47. The Hall–Kier alpha value is -3.91. The van der Waals surface area contributed by atoms with Gasteiger partial charge in [-0.1, -0.05) is 23.7 Å². The fourth-order valence-electron chi connectivity index (χ4n) is 4.67. The number of nitrogens with zero attached hydrogens (tertiary/aromatic N) is 1. The minimum atomic E-state index is -0.550. The maximum atomic E-state index is 13.6. The van der Waals surface area contributed by atoms with E-state index in [2.05, 4.69) is 5.32 Å². The zero-order valence-electron chi connectivity index (χ0n) is 19.8. The zero-order valence-corrected chi connectivity index (χ0v) is 20.6. The third kappa shape index (κ3) is 4.52. The number of carbonyl (C=O) groups is 2. The van der Waals surface area contributed by atoms with Crippen molar-refractivity contribution in [1.82, 2.24) is 0 Å². The number of amides is 2. The third-order valence-corrected chi connectivity index (χ3v) is 6.74. The van der Waals surface area contributed by atoms with Gasteiger partial charge in [-0.3, -0.25) is 9.59 Å². The number of anilines is 2. The van der Waals surface area contributed by atoms with Crippen LogP contribution in [0.5, 0.6) is 23.0 Å². The van der Waals surface area contributed by atoms with E-state index in [1.807, 2.05) is 30.3 Å². The van der Waals surface area contributed by atoms with Crippen molar-refractivity contribution in [3.05, 3.63) is 71.2 Å². The van der Waals surface area contributed by atoms with Crippen LogP contribution < -0.4 is 29.2 Å². The Morgan fingerprint density at radius 3 is 2.50 bits per heavy atom. The van der Waals surface area contributed by atoms with Crippen molar-refractivity contribution in [2.75, 3.05) is 31.2 Å². The monoisotopic (exact) mass is 508 g/mol. The van der Waals surface area contributed by atoms with Gasteiger partial charge in [0, 0.05) is 23.9 Å². The minimum absolute atomic E-state index is 0.0776. The Morgan fingerprint density at radius 1 is 1.00 bits per heavy atom. The first-order valence-corrected chi connectivity index (χ1v) is 11.9. The first-order chi connectivity index (χ1) is 17.5. The van der Waals surface area contributed by atoms with Crippen molar-refractivity contribution in [3.8, 4) is 23.0 Å². The molecule has 2 heterocycles. The molecule has 8 nitrogen and oxygen atoms in total. The fourth-order valence-corrected chi connectivity index (χ4v) is 4.93. The van der Waals surface area contributed by atoms with E-state index >= 15 is 0 Å². The van der Waals surface area contributed by atoms with Gasteiger partial charge in [-0.15, -0.1) is 0 Å². The van der Waals surface area contributed by atoms with Crippen LogP contribution in [0.1, 0.15) is 24.4 Å². The van der Waals surface area contributed by atoms with Crippen LogP contribution in [0.3, 0.4) is 0 Å². The van der Waals surface area contributed by atoms with Crippen LogP contribution in [0.4, 0.5) is 11.4 Å². The molecule has 2 atom stereocenters. The number of halogens is 1. The molecule has 0 saturated carbocycles. The molecule has 186 valence electrons. The van der Waals surface area contributed by atoms with Crippen LogP contribution in [0.2, 0.25) is 5.02 Å². The highest BCUT2D eigenvalue weighted by atomic mass is 35.5. The molecule has 1 fully saturated rings. The molecule has 0 bridgehead atoms. The van der Waals surface area contributed by atoms with Gasteiger partial charge in [-0.05, 0) is 54.4 Å². The number of fused-ring (bicyclic) bond motifs is 1. The van der Waals surface area contributed by atoms with Gasteiger partial charge >= 0.3 is 0 Å². The number of rotatable bonds is 6. The molecule has 2 aliphatic heterocycles. The number of hydrogen-bond donors (Lipinski definition) is 1. The van der Waals surface area contributed by atoms with Crippen molar-refractivity contribution in [2.45, 2.75) is 18.9 Å². The standard InChI is InChI=1S/C27H25ClN2O6/c1-33-19-7-3-16(4-8-19)26-20(27(32)29-17-5-10-22(34-2)21(28)13-17)9-12-25(31)30(26)18-6-11-23-24(14-18)36-15-35-23/h3-8,10-11,13-14,20,26H,9,12,15H2,1-2H3,(H,29,32). The Kier molecular flexibility index (Phi) is 6.61. The van der Waals surface area contributed by atoms with Crippen molar-refractivity contribution < 1.29 is 28.5 Å². The van der Waals surface area contributed by atoms with Gasteiger partial charge in [0.2, 0.25) is 18.6 Å². The second-order valence-electron chi connectivity index (χ2n) is 8.50. The molecule has 0 aromatic heterocycles. The smallest absolute Gasteiger partial charge is 0.231 e. The van der Waals surface area contributed by atoms with E-state index < -0.39 is 12.0 Å². The molecule has 1 saturated heterocycles.